The SMILES string of the molecule is C[Si](C)(C)C#Cc1cc(N)nc(-c2cccc(C#N)c2)c1. The second-order valence-corrected chi connectivity index (χ2v) is 10.6. The molecule has 0 aliphatic heterocycles. The van der Waals surface area contributed by atoms with Crippen molar-refractivity contribution in [3.05, 3.63) is 47.5 Å². The maximum Gasteiger partial charge on any atom is 0.129 e. The van der Waals surface area contributed by atoms with E-state index in [0.29, 0.717) is 11.4 Å². The molecule has 0 radical (unpaired) electrons. The molecule has 0 unspecified atom stereocenters. The Morgan fingerprint density at radius 3 is 2.52 bits per heavy atom. The van der Waals surface area contributed by atoms with Crippen LogP contribution in [0.25, 0.3) is 11.3 Å². The highest BCUT2D eigenvalue weighted by Crippen LogP contribution is 2.21. The van der Waals surface area contributed by atoms with Crippen molar-refractivity contribution in [1.82, 2.24) is 4.98 Å². The lowest BCUT2D eigenvalue weighted by molar-refractivity contribution is 1.32. The maximum atomic E-state index is 8.98. The summed E-state index contributed by atoms with van der Waals surface area (Å²) in [7, 11) is -1.43. The molecule has 1 heterocycles. The molecule has 3 nitrogen and oxygen atoms in total. The zero-order valence-electron chi connectivity index (χ0n) is 12.4. The van der Waals surface area contributed by atoms with E-state index in [0.717, 1.165) is 16.8 Å². The lowest BCUT2D eigenvalue weighted by Crippen LogP contribution is -2.16. The Morgan fingerprint density at radius 1 is 1.10 bits per heavy atom. The average Bonchev–Trinajstić information content (AvgIpc) is 2.44. The van der Waals surface area contributed by atoms with E-state index in [4.69, 9.17) is 11.0 Å². The van der Waals surface area contributed by atoms with Crippen molar-refractivity contribution >= 4 is 13.9 Å². The number of aromatic nitrogens is 1. The van der Waals surface area contributed by atoms with Gasteiger partial charge in [-0.25, -0.2) is 4.98 Å². The molecule has 0 spiro atoms. The Bertz CT molecular complexity index is 771. The normalized spacial score (nSPS) is 10.4. The van der Waals surface area contributed by atoms with Gasteiger partial charge >= 0.3 is 0 Å². The monoisotopic (exact) mass is 291 g/mol. The second kappa shape index (κ2) is 5.83. The standard InChI is InChI=1S/C17H17N3Si/c1-21(2,3)8-7-13-10-16(20-17(19)11-13)15-6-4-5-14(9-15)12-18/h4-6,9-11H,1-3H3,(H2,19,20). The molecule has 0 fully saturated rings. The molecule has 0 amide bonds. The van der Waals surface area contributed by atoms with Gasteiger partial charge in [0.15, 0.2) is 0 Å². The van der Waals surface area contributed by atoms with Gasteiger partial charge in [0.1, 0.15) is 13.9 Å². The predicted octanol–water partition coefficient (Wildman–Crippen LogP) is 3.43. The van der Waals surface area contributed by atoms with Crippen LogP contribution in [0.2, 0.25) is 19.6 Å². The number of nitrogens with two attached hydrogens (primary N) is 1. The zero-order valence-corrected chi connectivity index (χ0v) is 13.4. The van der Waals surface area contributed by atoms with Crippen molar-refractivity contribution in [2.75, 3.05) is 5.73 Å². The maximum absolute atomic E-state index is 8.98. The number of anilines is 1. The molecule has 2 N–H and O–H groups in total. The Kier molecular flexibility index (Phi) is 4.12. The van der Waals surface area contributed by atoms with E-state index in [1.54, 1.807) is 18.2 Å². The summed E-state index contributed by atoms with van der Waals surface area (Å²) in [6, 6.07) is 13.2. The van der Waals surface area contributed by atoms with Gasteiger partial charge in [-0.1, -0.05) is 37.7 Å². The van der Waals surface area contributed by atoms with Gasteiger partial charge in [-0.2, -0.15) is 5.26 Å². The highest BCUT2D eigenvalue weighted by atomic mass is 28.3. The Morgan fingerprint density at radius 2 is 1.86 bits per heavy atom. The topological polar surface area (TPSA) is 62.7 Å². The highest BCUT2D eigenvalue weighted by molar-refractivity contribution is 6.83. The first-order valence-corrected chi connectivity index (χ1v) is 10.2. The van der Waals surface area contributed by atoms with E-state index in [9.17, 15) is 0 Å². The van der Waals surface area contributed by atoms with Crippen molar-refractivity contribution in [2.45, 2.75) is 19.6 Å². The average molecular weight is 291 g/mol. The van der Waals surface area contributed by atoms with Gasteiger partial charge in [0.05, 0.1) is 17.3 Å². The van der Waals surface area contributed by atoms with Crippen LogP contribution in [0.15, 0.2) is 36.4 Å². The first kappa shape index (κ1) is 14.8. The first-order valence-electron chi connectivity index (χ1n) is 6.69. The van der Waals surface area contributed by atoms with Crippen LogP contribution in [0.5, 0.6) is 0 Å². The zero-order chi connectivity index (χ0) is 15.5. The predicted molar refractivity (Wildman–Crippen MR) is 89.0 cm³/mol. The van der Waals surface area contributed by atoms with Gasteiger partial charge in [-0.05, 0) is 24.3 Å². The largest absolute Gasteiger partial charge is 0.384 e. The molecule has 104 valence electrons. The molecule has 0 bridgehead atoms. The lowest BCUT2D eigenvalue weighted by atomic mass is 10.1. The van der Waals surface area contributed by atoms with Gasteiger partial charge in [-0.15, -0.1) is 5.54 Å². The third kappa shape index (κ3) is 4.20. The van der Waals surface area contributed by atoms with E-state index in [-0.39, 0.29) is 0 Å². The summed E-state index contributed by atoms with van der Waals surface area (Å²) in [5, 5.41) is 8.98. The molecule has 0 saturated heterocycles. The van der Waals surface area contributed by atoms with Crippen LogP contribution in [0.3, 0.4) is 0 Å². The molecule has 4 heteroatoms. The Hall–Kier alpha value is -2.56. The molecule has 2 rings (SSSR count). The summed E-state index contributed by atoms with van der Waals surface area (Å²) in [6.07, 6.45) is 0. The molecular weight excluding hydrogens is 274 g/mol. The number of nitriles is 1. The molecule has 0 atom stereocenters. The van der Waals surface area contributed by atoms with Gasteiger partial charge in [0, 0.05) is 11.1 Å². The summed E-state index contributed by atoms with van der Waals surface area (Å²) in [5.74, 6) is 3.63. The summed E-state index contributed by atoms with van der Waals surface area (Å²) >= 11 is 0. The fraction of sp³-hybridized carbons (Fsp3) is 0.176. The van der Waals surface area contributed by atoms with Crippen LogP contribution in [-0.2, 0) is 0 Å². The quantitative estimate of drug-likeness (QED) is 0.646. The second-order valence-electron chi connectivity index (χ2n) is 5.86. The van der Waals surface area contributed by atoms with Crippen molar-refractivity contribution in [1.29, 1.82) is 5.26 Å². The lowest BCUT2D eigenvalue weighted by Gasteiger charge is -2.06. The van der Waals surface area contributed by atoms with Gasteiger partial charge < -0.3 is 5.73 Å². The molecular formula is C17H17N3Si. The summed E-state index contributed by atoms with van der Waals surface area (Å²) in [4.78, 5) is 4.34. The fourth-order valence-electron chi connectivity index (χ4n) is 1.78. The highest BCUT2D eigenvalue weighted by Gasteiger charge is 2.08. The minimum absolute atomic E-state index is 0.440. The molecule has 21 heavy (non-hydrogen) atoms. The minimum atomic E-state index is -1.43. The first-order chi connectivity index (χ1) is 9.87. The minimum Gasteiger partial charge on any atom is -0.384 e. The van der Waals surface area contributed by atoms with Gasteiger partial charge in [-0.3, -0.25) is 0 Å². The molecule has 1 aromatic carbocycles. The molecule has 2 aromatic rings. The Balaban J connectivity index is 2.48. The molecule has 1 aromatic heterocycles. The number of hydrogen-bond donors (Lipinski definition) is 1. The smallest absolute Gasteiger partial charge is 0.129 e. The van der Waals surface area contributed by atoms with Crippen LogP contribution in [0, 0.1) is 22.8 Å². The van der Waals surface area contributed by atoms with Crippen LogP contribution >= 0.6 is 0 Å². The van der Waals surface area contributed by atoms with E-state index in [1.807, 2.05) is 18.2 Å². The summed E-state index contributed by atoms with van der Waals surface area (Å²) < 4.78 is 0. The number of hydrogen-bond acceptors (Lipinski definition) is 3. The van der Waals surface area contributed by atoms with Crippen LogP contribution in [0.4, 0.5) is 5.82 Å². The fourth-order valence-corrected chi connectivity index (χ4v) is 2.30. The van der Waals surface area contributed by atoms with Crippen LogP contribution in [-0.4, -0.2) is 13.1 Å². The van der Waals surface area contributed by atoms with Crippen molar-refractivity contribution in [3.63, 3.8) is 0 Å². The van der Waals surface area contributed by atoms with E-state index in [1.165, 1.54) is 0 Å². The van der Waals surface area contributed by atoms with Crippen molar-refractivity contribution < 1.29 is 0 Å². The number of rotatable bonds is 1. The third-order valence-electron chi connectivity index (χ3n) is 2.71. The summed E-state index contributed by atoms with van der Waals surface area (Å²) in [6.45, 7) is 6.59. The van der Waals surface area contributed by atoms with E-state index >= 15 is 0 Å². The van der Waals surface area contributed by atoms with Gasteiger partial charge in [0.25, 0.3) is 0 Å². The van der Waals surface area contributed by atoms with E-state index in [2.05, 4.69) is 42.2 Å². The number of pyridine rings is 1. The van der Waals surface area contributed by atoms with Crippen LogP contribution in [0.1, 0.15) is 11.1 Å². The third-order valence-corrected chi connectivity index (χ3v) is 3.59. The van der Waals surface area contributed by atoms with Crippen molar-refractivity contribution in [3.8, 4) is 28.8 Å². The van der Waals surface area contributed by atoms with Crippen LogP contribution < -0.4 is 5.73 Å². The number of nitrogen functional groups attached to an aromatic ring is 1. The molecule has 0 saturated carbocycles. The number of nitrogens with zero attached hydrogens (tertiary/aromatic N) is 2. The Labute approximate surface area is 126 Å². The summed E-state index contributed by atoms with van der Waals surface area (Å²) in [5.41, 5.74) is 12.3. The number of benzene rings is 1. The van der Waals surface area contributed by atoms with E-state index < -0.39 is 8.07 Å². The molecule has 0 aliphatic rings. The molecule has 0 aliphatic carbocycles. The van der Waals surface area contributed by atoms with Crippen molar-refractivity contribution in [2.24, 2.45) is 0 Å². The van der Waals surface area contributed by atoms with Gasteiger partial charge in [0.2, 0.25) is 0 Å².